The van der Waals surface area contributed by atoms with Gasteiger partial charge in [0.2, 0.25) is 9.12 Å². The number of hydrogen-bond donors (Lipinski definition) is 0. The highest BCUT2D eigenvalue weighted by Crippen LogP contribution is 2.31. The third-order valence-electron chi connectivity index (χ3n) is 3.26. The first-order chi connectivity index (χ1) is 7.53. The zero-order chi connectivity index (χ0) is 13.4. The predicted octanol–water partition coefficient (Wildman–Crippen LogP) is 3.55. The van der Waals surface area contributed by atoms with E-state index in [4.69, 9.17) is 0 Å². The predicted molar refractivity (Wildman–Crippen MR) is 79.1 cm³/mol. The summed E-state index contributed by atoms with van der Waals surface area (Å²) < 4.78 is 5.27. The normalized spacial score (nSPS) is 18.6. The molecule has 0 atom stereocenters. The Hall–Kier alpha value is -0.443. The van der Waals surface area contributed by atoms with Crippen LogP contribution in [0.15, 0.2) is 12.4 Å². The van der Waals surface area contributed by atoms with Crippen LogP contribution in [0.2, 0.25) is 6.04 Å². The number of nitrogens with zero attached hydrogens (tertiary/aromatic N) is 2. The minimum atomic E-state index is -1.06. The van der Waals surface area contributed by atoms with Crippen LogP contribution < -0.4 is 0 Å². The zero-order valence-electron chi connectivity index (χ0n) is 12.9. The van der Waals surface area contributed by atoms with Crippen molar-refractivity contribution in [2.24, 2.45) is 5.92 Å². The molecule has 0 saturated carbocycles. The van der Waals surface area contributed by atoms with Crippen LogP contribution in [0.5, 0.6) is 0 Å². The molecule has 1 aliphatic rings. The van der Waals surface area contributed by atoms with Crippen molar-refractivity contribution in [3.05, 3.63) is 12.4 Å². The van der Waals surface area contributed by atoms with Crippen LogP contribution in [0.3, 0.4) is 0 Å². The fourth-order valence-corrected chi connectivity index (χ4v) is 6.37. The summed E-state index contributed by atoms with van der Waals surface area (Å²) in [5.74, 6) is 0.779. The molecule has 1 rings (SSSR count). The first-order valence-corrected chi connectivity index (χ1v) is 8.63. The van der Waals surface area contributed by atoms with Crippen LogP contribution in [-0.4, -0.2) is 29.3 Å². The van der Waals surface area contributed by atoms with Crippen molar-refractivity contribution in [1.82, 2.24) is 9.13 Å². The Morgan fingerprint density at radius 3 is 1.47 bits per heavy atom. The molecular formula is C14H30N2Si. The Labute approximate surface area is 109 Å². The molecule has 1 aliphatic heterocycles. The molecule has 0 fully saturated rings. The summed E-state index contributed by atoms with van der Waals surface area (Å²) in [6.07, 6.45) is 4.65. The van der Waals surface area contributed by atoms with Gasteiger partial charge in [-0.2, -0.15) is 0 Å². The van der Waals surface area contributed by atoms with Gasteiger partial charge in [-0.25, -0.2) is 0 Å². The quantitative estimate of drug-likeness (QED) is 0.695. The molecule has 3 heteroatoms. The molecular weight excluding hydrogens is 224 g/mol. The SMILES string of the molecule is CC(C)C[SiH]1N(C(C)(C)C)C=CN1C(C)(C)C. The van der Waals surface area contributed by atoms with Crippen molar-refractivity contribution in [2.75, 3.05) is 0 Å². The molecule has 17 heavy (non-hydrogen) atoms. The minimum absolute atomic E-state index is 0.252. The van der Waals surface area contributed by atoms with Gasteiger partial charge in [0.25, 0.3) is 0 Å². The summed E-state index contributed by atoms with van der Waals surface area (Å²) in [5.41, 5.74) is 0.505. The summed E-state index contributed by atoms with van der Waals surface area (Å²) in [7, 11) is -1.06. The van der Waals surface area contributed by atoms with Crippen LogP contribution in [0.4, 0.5) is 0 Å². The highest BCUT2D eigenvalue weighted by molar-refractivity contribution is 6.54. The van der Waals surface area contributed by atoms with Gasteiger partial charge in [-0.15, -0.1) is 0 Å². The summed E-state index contributed by atoms with van der Waals surface area (Å²) in [4.78, 5) is 0. The van der Waals surface area contributed by atoms with Crippen molar-refractivity contribution in [3.63, 3.8) is 0 Å². The number of rotatable bonds is 2. The average Bonchev–Trinajstić information content (AvgIpc) is 2.43. The molecule has 0 aromatic heterocycles. The van der Waals surface area contributed by atoms with E-state index in [0.29, 0.717) is 0 Å². The molecule has 100 valence electrons. The summed E-state index contributed by atoms with van der Waals surface area (Å²) >= 11 is 0. The highest BCUT2D eigenvalue weighted by atomic mass is 28.3. The van der Waals surface area contributed by atoms with Crippen LogP contribution >= 0.6 is 0 Å². The molecule has 0 unspecified atom stereocenters. The summed E-state index contributed by atoms with van der Waals surface area (Å²) in [6.45, 7) is 18.6. The lowest BCUT2D eigenvalue weighted by molar-refractivity contribution is 0.276. The largest absolute Gasteiger partial charge is 0.383 e. The van der Waals surface area contributed by atoms with Gasteiger partial charge in [0.1, 0.15) is 0 Å². The maximum atomic E-state index is 2.64. The second kappa shape index (κ2) is 4.67. The Kier molecular flexibility index (Phi) is 4.02. The lowest BCUT2D eigenvalue weighted by Crippen LogP contribution is -2.56. The zero-order valence-corrected chi connectivity index (χ0v) is 14.1. The van der Waals surface area contributed by atoms with Gasteiger partial charge in [-0.05, 0) is 53.5 Å². The van der Waals surface area contributed by atoms with E-state index in [-0.39, 0.29) is 11.1 Å². The standard InChI is InChI=1S/C14H30N2Si/c1-12(2)11-17-15(13(3,4)5)9-10-16(17)14(6,7)8/h9-10,12,17H,11H2,1-8H3. The van der Waals surface area contributed by atoms with Gasteiger partial charge in [-0.3, -0.25) is 0 Å². The van der Waals surface area contributed by atoms with Gasteiger partial charge in [0.05, 0.1) is 0 Å². The smallest absolute Gasteiger partial charge is 0.248 e. The second-order valence-corrected chi connectivity index (χ2v) is 10.1. The first-order valence-electron chi connectivity index (χ1n) is 6.78. The summed E-state index contributed by atoms with van der Waals surface area (Å²) in [5, 5.41) is 0. The Balaban J connectivity index is 2.94. The molecule has 0 N–H and O–H groups in total. The molecule has 0 radical (unpaired) electrons. The maximum absolute atomic E-state index is 2.64. The van der Waals surface area contributed by atoms with Crippen LogP contribution in [0, 0.1) is 5.92 Å². The molecule has 0 bridgehead atoms. The highest BCUT2D eigenvalue weighted by Gasteiger charge is 2.39. The van der Waals surface area contributed by atoms with Gasteiger partial charge in [0.15, 0.2) is 0 Å². The Morgan fingerprint density at radius 1 is 0.882 bits per heavy atom. The molecule has 0 aromatic carbocycles. The van der Waals surface area contributed by atoms with Crippen molar-refractivity contribution < 1.29 is 0 Å². The first kappa shape index (κ1) is 14.6. The molecule has 0 aliphatic carbocycles. The van der Waals surface area contributed by atoms with E-state index in [0.717, 1.165) is 5.92 Å². The fourth-order valence-electron chi connectivity index (χ4n) is 2.47. The van der Waals surface area contributed by atoms with Crippen LogP contribution in [-0.2, 0) is 0 Å². The second-order valence-electron chi connectivity index (χ2n) is 7.56. The number of hydrogen-bond acceptors (Lipinski definition) is 2. The molecule has 1 heterocycles. The van der Waals surface area contributed by atoms with E-state index >= 15 is 0 Å². The van der Waals surface area contributed by atoms with E-state index in [1.807, 2.05) is 0 Å². The third kappa shape index (κ3) is 3.51. The Bertz CT molecular complexity index is 260. The van der Waals surface area contributed by atoms with Gasteiger partial charge >= 0.3 is 0 Å². The van der Waals surface area contributed by atoms with E-state index in [1.165, 1.54) is 6.04 Å². The maximum Gasteiger partial charge on any atom is 0.248 e. The van der Waals surface area contributed by atoms with E-state index < -0.39 is 9.12 Å². The summed E-state index contributed by atoms with van der Waals surface area (Å²) in [6, 6.07) is 1.35. The molecule has 0 spiro atoms. The molecule has 0 saturated heterocycles. The van der Waals surface area contributed by atoms with Crippen LogP contribution in [0.25, 0.3) is 0 Å². The Morgan fingerprint density at radius 2 is 1.24 bits per heavy atom. The lowest BCUT2D eigenvalue weighted by Gasteiger charge is -2.45. The minimum Gasteiger partial charge on any atom is -0.383 e. The molecule has 2 nitrogen and oxygen atoms in total. The van der Waals surface area contributed by atoms with Gasteiger partial charge in [0, 0.05) is 23.5 Å². The van der Waals surface area contributed by atoms with Crippen molar-refractivity contribution in [3.8, 4) is 0 Å². The van der Waals surface area contributed by atoms with Gasteiger partial charge < -0.3 is 9.13 Å². The fraction of sp³-hybridized carbons (Fsp3) is 0.857. The van der Waals surface area contributed by atoms with Crippen molar-refractivity contribution in [1.29, 1.82) is 0 Å². The van der Waals surface area contributed by atoms with Crippen molar-refractivity contribution in [2.45, 2.75) is 72.5 Å². The average molecular weight is 254 g/mol. The van der Waals surface area contributed by atoms with Gasteiger partial charge in [-0.1, -0.05) is 13.8 Å². The van der Waals surface area contributed by atoms with Crippen molar-refractivity contribution >= 4 is 9.12 Å². The lowest BCUT2D eigenvalue weighted by atomic mass is 10.1. The van der Waals surface area contributed by atoms with Crippen LogP contribution in [0.1, 0.15) is 55.4 Å². The van der Waals surface area contributed by atoms with E-state index in [9.17, 15) is 0 Å². The molecule has 0 aromatic rings. The topological polar surface area (TPSA) is 6.48 Å². The monoisotopic (exact) mass is 254 g/mol. The van der Waals surface area contributed by atoms with E-state index in [2.05, 4.69) is 76.9 Å². The van der Waals surface area contributed by atoms with E-state index in [1.54, 1.807) is 0 Å². The molecule has 0 amide bonds. The third-order valence-corrected chi connectivity index (χ3v) is 7.80.